The smallest absolute Gasteiger partial charge is 0.389 e. The van der Waals surface area contributed by atoms with E-state index < -0.39 is 48.8 Å². The van der Waals surface area contributed by atoms with Gasteiger partial charge in [-0.15, -0.1) is 0 Å². The lowest BCUT2D eigenvalue weighted by atomic mass is 9.98. The van der Waals surface area contributed by atoms with E-state index in [1.54, 1.807) is 18.2 Å². The average Bonchev–Trinajstić information content (AvgIpc) is 3.41. The zero-order valence-corrected chi connectivity index (χ0v) is 18.3. The molecule has 9 nitrogen and oxygen atoms in total. The number of H-pyrrole nitrogens is 1. The summed E-state index contributed by atoms with van der Waals surface area (Å²) in [5.74, 6) is -1.95. The maximum Gasteiger partial charge on any atom is 0.389 e. The predicted octanol–water partition coefficient (Wildman–Crippen LogP) is 2.15. The summed E-state index contributed by atoms with van der Waals surface area (Å²) in [7, 11) is 1.46. The van der Waals surface area contributed by atoms with Gasteiger partial charge in [0, 0.05) is 29.8 Å². The van der Waals surface area contributed by atoms with Crippen LogP contribution >= 0.6 is 0 Å². The molecule has 1 aromatic carbocycles. The first-order valence-corrected chi connectivity index (χ1v) is 10.6. The fraction of sp³-hybridized carbons (Fsp3) is 0.455. The van der Waals surface area contributed by atoms with Gasteiger partial charge in [0.2, 0.25) is 11.8 Å². The van der Waals surface area contributed by atoms with Crippen molar-refractivity contribution in [3.05, 3.63) is 30.0 Å². The molecule has 1 aliphatic rings. The van der Waals surface area contributed by atoms with E-state index in [1.165, 1.54) is 13.2 Å². The number of carbonyl (C=O) groups excluding carboxylic acids is 3. The van der Waals surface area contributed by atoms with Gasteiger partial charge < -0.3 is 25.7 Å². The zero-order chi connectivity index (χ0) is 24.9. The van der Waals surface area contributed by atoms with Gasteiger partial charge in [-0.05, 0) is 37.5 Å². The molecular formula is C22H24F3N5O4. The number of benzene rings is 1. The van der Waals surface area contributed by atoms with Crippen molar-refractivity contribution >= 4 is 28.6 Å². The number of methoxy groups -OCH3 is 1. The van der Waals surface area contributed by atoms with E-state index in [0.29, 0.717) is 29.6 Å². The molecule has 2 unspecified atom stereocenters. The van der Waals surface area contributed by atoms with Crippen LogP contribution in [0.15, 0.2) is 24.3 Å². The number of hydrogen-bond acceptors (Lipinski definition) is 5. The van der Waals surface area contributed by atoms with E-state index in [9.17, 15) is 32.8 Å². The first-order valence-electron chi connectivity index (χ1n) is 10.6. The number of halogens is 3. The normalized spacial score (nSPS) is 17.5. The highest BCUT2D eigenvalue weighted by atomic mass is 19.4. The minimum absolute atomic E-state index is 0.0236. The Morgan fingerprint density at radius 2 is 2.09 bits per heavy atom. The number of nitrogens with zero attached hydrogens (tertiary/aromatic N) is 1. The molecule has 0 aliphatic carbocycles. The van der Waals surface area contributed by atoms with Gasteiger partial charge in [0.1, 0.15) is 23.5 Å². The maximum atomic E-state index is 12.8. The van der Waals surface area contributed by atoms with Crippen molar-refractivity contribution in [2.24, 2.45) is 5.92 Å². The molecule has 0 radical (unpaired) electrons. The number of fused-ring (bicyclic) bond motifs is 1. The number of nitriles is 1. The van der Waals surface area contributed by atoms with Crippen LogP contribution in [0.3, 0.4) is 0 Å². The summed E-state index contributed by atoms with van der Waals surface area (Å²) < 4.78 is 43.8. The van der Waals surface area contributed by atoms with Crippen molar-refractivity contribution in [2.75, 3.05) is 13.7 Å². The Morgan fingerprint density at radius 1 is 1.32 bits per heavy atom. The van der Waals surface area contributed by atoms with Crippen molar-refractivity contribution in [3.8, 4) is 11.8 Å². The molecule has 0 spiro atoms. The highest BCUT2D eigenvalue weighted by Gasteiger charge is 2.33. The molecule has 0 bridgehead atoms. The molecule has 182 valence electrons. The first-order chi connectivity index (χ1) is 16.1. The monoisotopic (exact) mass is 479 g/mol. The van der Waals surface area contributed by atoms with E-state index in [0.717, 1.165) is 0 Å². The molecule has 2 aromatic rings. The van der Waals surface area contributed by atoms with Crippen LogP contribution in [0.25, 0.3) is 10.9 Å². The van der Waals surface area contributed by atoms with Gasteiger partial charge in [-0.25, -0.2) is 0 Å². The number of aromatic amines is 1. The summed E-state index contributed by atoms with van der Waals surface area (Å²) in [6, 6.07) is 5.77. The number of ether oxygens (including phenoxy) is 1. The van der Waals surface area contributed by atoms with Gasteiger partial charge in [-0.2, -0.15) is 18.4 Å². The minimum atomic E-state index is -4.55. The Labute approximate surface area is 193 Å². The second-order valence-corrected chi connectivity index (χ2v) is 7.99. The quantitative estimate of drug-likeness (QED) is 0.437. The zero-order valence-electron chi connectivity index (χ0n) is 18.3. The fourth-order valence-electron chi connectivity index (χ4n) is 3.81. The highest BCUT2D eigenvalue weighted by molar-refractivity contribution is 6.01. The molecule has 2 heterocycles. The lowest BCUT2D eigenvalue weighted by molar-refractivity contribution is -0.139. The molecule has 34 heavy (non-hydrogen) atoms. The van der Waals surface area contributed by atoms with Crippen molar-refractivity contribution in [1.29, 1.82) is 5.26 Å². The van der Waals surface area contributed by atoms with Crippen molar-refractivity contribution in [3.63, 3.8) is 0 Å². The third kappa shape index (κ3) is 6.18. The average molecular weight is 479 g/mol. The summed E-state index contributed by atoms with van der Waals surface area (Å²) in [4.78, 5) is 40.1. The van der Waals surface area contributed by atoms with Crippen LogP contribution in [0.2, 0.25) is 0 Å². The van der Waals surface area contributed by atoms with E-state index in [4.69, 9.17) is 4.74 Å². The second-order valence-electron chi connectivity index (χ2n) is 7.99. The lowest BCUT2D eigenvalue weighted by Gasteiger charge is -2.21. The number of hydrogen-bond donors (Lipinski definition) is 4. The van der Waals surface area contributed by atoms with E-state index >= 15 is 0 Å². The number of nitrogens with one attached hydrogen (secondary N) is 4. The molecule has 3 amide bonds. The summed E-state index contributed by atoms with van der Waals surface area (Å²) in [6.07, 6.45) is -6.06. The minimum Gasteiger partial charge on any atom is -0.496 e. The van der Waals surface area contributed by atoms with Gasteiger partial charge in [0.05, 0.1) is 13.2 Å². The number of carbonyl (C=O) groups is 3. The topological polar surface area (TPSA) is 136 Å². The van der Waals surface area contributed by atoms with Crippen LogP contribution in [-0.4, -0.2) is 54.6 Å². The Bertz CT molecular complexity index is 1110. The molecule has 3 atom stereocenters. The van der Waals surface area contributed by atoms with Crippen molar-refractivity contribution in [1.82, 2.24) is 20.9 Å². The third-order valence-electron chi connectivity index (χ3n) is 5.58. The highest BCUT2D eigenvalue weighted by Crippen LogP contribution is 2.26. The van der Waals surface area contributed by atoms with Crippen LogP contribution in [0, 0.1) is 17.2 Å². The molecule has 1 fully saturated rings. The number of aromatic nitrogens is 1. The number of rotatable bonds is 9. The second kappa shape index (κ2) is 10.5. The summed E-state index contributed by atoms with van der Waals surface area (Å²) in [6.45, 7) is 0.454. The molecule has 3 rings (SSSR count). The summed E-state index contributed by atoms with van der Waals surface area (Å²) in [5.41, 5.74) is 0.601. The molecule has 12 heteroatoms. The SMILES string of the molecule is COc1cccc2[nH]c(C(=O)NC(CCC(F)(F)F)C(=O)NC(C#N)C[C@@H]3CCNC3=O)cc12. The van der Waals surface area contributed by atoms with E-state index in [1.807, 2.05) is 6.07 Å². The number of amides is 3. The molecular weight excluding hydrogens is 455 g/mol. The molecule has 1 aromatic heterocycles. The Hall–Kier alpha value is -3.75. The van der Waals surface area contributed by atoms with Crippen molar-refractivity contribution < 1.29 is 32.3 Å². The molecule has 0 saturated carbocycles. The van der Waals surface area contributed by atoms with Gasteiger partial charge in [0.15, 0.2) is 0 Å². The first kappa shape index (κ1) is 24.9. The van der Waals surface area contributed by atoms with E-state index in [2.05, 4.69) is 20.9 Å². The van der Waals surface area contributed by atoms with Crippen LogP contribution in [0.5, 0.6) is 5.75 Å². The van der Waals surface area contributed by atoms with Gasteiger partial charge >= 0.3 is 6.18 Å². The van der Waals surface area contributed by atoms with Crippen molar-refractivity contribution in [2.45, 2.75) is 43.9 Å². The van der Waals surface area contributed by atoms with E-state index in [-0.39, 0.29) is 18.0 Å². The summed E-state index contributed by atoms with van der Waals surface area (Å²) >= 11 is 0. The molecule has 1 saturated heterocycles. The molecule has 1 aliphatic heterocycles. The standard InChI is InChI=1S/C22H24F3N5O4/c1-34-18-4-2-3-15-14(18)10-17(29-15)21(33)30-16(5-7-22(23,24)25)20(32)28-13(11-26)9-12-6-8-27-19(12)31/h2-4,10,12-13,16,29H,5-9H2,1H3,(H,27,31)(H,28,32)(H,30,33)/t12-,13?,16?/m0/s1. The number of alkyl halides is 3. The largest absolute Gasteiger partial charge is 0.496 e. The molecule has 4 N–H and O–H groups in total. The van der Waals surface area contributed by atoms with Gasteiger partial charge in [0.25, 0.3) is 5.91 Å². The maximum absolute atomic E-state index is 12.8. The van der Waals surface area contributed by atoms with Gasteiger partial charge in [-0.3, -0.25) is 14.4 Å². The van der Waals surface area contributed by atoms with Crippen LogP contribution in [0.4, 0.5) is 13.2 Å². The predicted molar refractivity (Wildman–Crippen MR) is 115 cm³/mol. The Morgan fingerprint density at radius 3 is 2.71 bits per heavy atom. The van der Waals surface area contributed by atoms with Crippen LogP contribution < -0.4 is 20.7 Å². The Balaban J connectivity index is 1.74. The van der Waals surface area contributed by atoms with Crippen LogP contribution in [0.1, 0.15) is 36.2 Å². The Kier molecular flexibility index (Phi) is 7.65. The lowest BCUT2D eigenvalue weighted by Crippen LogP contribution is -2.50. The fourth-order valence-corrected chi connectivity index (χ4v) is 3.81. The third-order valence-corrected chi connectivity index (χ3v) is 5.58. The summed E-state index contributed by atoms with van der Waals surface area (Å²) in [5, 5.41) is 17.3. The van der Waals surface area contributed by atoms with Gasteiger partial charge in [-0.1, -0.05) is 6.07 Å². The van der Waals surface area contributed by atoms with Crippen LogP contribution in [-0.2, 0) is 9.59 Å².